The van der Waals surface area contributed by atoms with Crippen molar-refractivity contribution in [3.05, 3.63) is 0 Å². The van der Waals surface area contributed by atoms with Gasteiger partial charge in [-0.1, -0.05) is 19.8 Å². The molecule has 1 unspecified atom stereocenters. The van der Waals surface area contributed by atoms with Crippen molar-refractivity contribution in [1.29, 1.82) is 0 Å². The van der Waals surface area contributed by atoms with E-state index in [1.54, 1.807) is 0 Å². The van der Waals surface area contributed by atoms with Crippen LogP contribution >= 0.6 is 11.8 Å². The van der Waals surface area contributed by atoms with E-state index in [-0.39, 0.29) is 0 Å². The molecule has 1 aliphatic carbocycles. The number of nitrogens with one attached hydrogen (secondary N) is 1. The summed E-state index contributed by atoms with van der Waals surface area (Å²) in [6.07, 6.45) is 13.1. The normalized spacial score (nSPS) is 18.9. The molecule has 86 valence electrons. The monoisotopic (exact) mass is 225 g/mol. The average molecular weight is 225 g/mol. The fourth-order valence-electron chi connectivity index (χ4n) is 1.99. The SMILES string of the molecule is C#CCC(CSC1CCCC1)NCCC. The lowest BCUT2D eigenvalue weighted by molar-refractivity contribution is 0.562. The highest BCUT2D eigenvalue weighted by molar-refractivity contribution is 7.99. The van der Waals surface area contributed by atoms with E-state index in [9.17, 15) is 0 Å². The van der Waals surface area contributed by atoms with Gasteiger partial charge in [-0.2, -0.15) is 11.8 Å². The van der Waals surface area contributed by atoms with E-state index in [1.165, 1.54) is 37.9 Å². The second kappa shape index (κ2) is 8.07. The van der Waals surface area contributed by atoms with E-state index < -0.39 is 0 Å². The van der Waals surface area contributed by atoms with Crippen molar-refractivity contribution in [3.8, 4) is 12.3 Å². The number of hydrogen-bond donors (Lipinski definition) is 1. The molecule has 1 nitrogen and oxygen atoms in total. The zero-order chi connectivity index (χ0) is 10.9. The molecule has 0 aromatic heterocycles. The zero-order valence-electron chi connectivity index (χ0n) is 9.80. The third-order valence-electron chi connectivity index (χ3n) is 2.88. The molecule has 0 spiro atoms. The summed E-state index contributed by atoms with van der Waals surface area (Å²) in [5, 5.41) is 4.44. The van der Waals surface area contributed by atoms with Gasteiger partial charge in [0.2, 0.25) is 0 Å². The van der Waals surface area contributed by atoms with Crippen molar-refractivity contribution < 1.29 is 0 Å². The number of thioether (sulfide) groups is 1. The molecule has 1 atom stereocenters. The Kier molecular flexibility index (Phi) is 6.96. The van der Waals surface area contributed by atoms with Crippen LogP contribution in [-0.4, -0.2) is 23.6 Å². The lowest BCUT2D eigenvalue weighted by Gasteiger charge is -2.17. The van der Waals surface area contributed by atoms with Crippen molar-refractivity contribution in [3.63, 3.8) is 0 Å². The highest BCUT2D eigenvalue weighted by Crippen LogP contribution is 2.29. The summed E-state index contributed by atoms with van der Waals surface area (Å²) in [4.78, 5) is 0. The van der Waals surface area contributed by atoms with Crippen LogP contribution in [0.3, 0.4) is 0 Å². The fraction of sp³-hybridized carbons (Fsp3) is 0.846. The quantitative estimate of drug-likeness (QED) is 0.668. The van der Waals surface area contributed by atoms with Gasteiger partial charge >= 0.3 is 0 Å². The van der Waals surface area contributed by atoms with Gasteiger partial charge in [0, 0.05) is 23.5 Å². The first-order chi connectivity index (χ1) is 7.36. The number of rotatable bonds is 7. The summed E-state index contributed by atoms with van der Waals surface area (Å²) in [5.41, 5.74) is 0. The Morgan fingerprint density at radius 1 is 1.47 bits per heavy atom. The van der Waals surface area contributed by atoms with Gasteiger partial charge in [0.1, 0.15) is 0 Å². The Morgan fingerprint density at radius 2 is 2.20 bits per heavy atom. The van der Waals surface area contributed by atoms with Gasteiger partial charge in [0.25, 0.3) is 0 Å². The smallest absolute Gasteiger partial charge is 0.0267 e. The van der Waals surface area contributed by atoms with Crippen LogP contribution < -0.4 is 5.32 Å². The minimum Gasteiger partial charge on any atom is -0.312 e. The molecular weight excluding hydrogens is 202 g/mol. The van der Waals surface area contributed by atoms with E-state index in [4.69, 9.17) is 6.42 Å². The molecule has 2 heteroatoms. The van der Waals surface area contributed by atoms with Gasteiger partial charge < -0.3 is 5.32 Å². The van der Waals surface area contributed by atoms with Gasteiger partial charge in [0.15, 0.2) is 0 Å². The van der Waals surface area contributed by atoms with Crippen LogP contribution in [0, 0.1) is 12.3 Å². The van der Waals surface area contributed by atoms with Crippen molar-refractivity contribution in [2.75, 3.05) is 12.3 Å². The highest BCUT2D eigenvalue weighted by Gasteiger charge is 2.17. The van der Waals surface area contributed by atoms with E-state index in [1.807, 2.05) is 0 Å². The van der Waals surface area contributed by atoms with Gasteiger partial charge in [0.05, 0.1) is 0 Å². The van der Waals surface area contributed by atoms with Crippen LogP contribution in [0.5, 0.6) is 0 Å². The van der Waals surface area contributed by atoms with Crippen molar-refractivity contribution in [2.24, 2.45) is 0 Å². The largest absolute Gasteiger partial charge is 0.312 e. The molecule has 0 aromatic rings. The van der Waals surface area contributed by atoms with Crippen molar-refractivity contribution in [2.45, 2.75) is 56.7 Å². The van der Waals surface area contributed by atoms with Crippen LogP contribution in [0.4, 0.5) is 0 Å². The summed E-state index contributed by atoms with van der Waals surface area (Å²) in [6, 6.07) is 0.528. The second-order valence-corrected chi connectivity index (χ2v) is 5.63. The molecule has 1 N–H and O–H groups in total. The zero-order valence-corrected chi connectivity index (χ0v) is 10.6. The highest BCUT2D eigenvalue weighted by atomic mass is 32.2. The minimum atomic E-state index is 0.528. The van der Waals surface area contributed by atoms with E-state index in [0.29, 0.717) is 6.04 Å². The molecule has 15 heavy (non-hydrogen) atoms. The van der Waals surface area contributed by atoms with Crippen molar-refractivity contribution >= 4 is 11.8 Å². The standard InChI is InChI=1S/C13H23NS/c1-3-7-12(14-10-4-2)11-15-13-8-5-6-9-13/h1,12-14H,4-11H2,2H3. The molecule has 1 saturated carbocycles. The Morgan fingerprint density at radius 3 is 2.80 bits per heavy atom. The summed E-state index contributed by atoms with van der Waals surface area (Å²) in [7, 11) is 0. The fourth-order valence-corrected chi connectivity index (χ4v) is 3.39. The van der Waals surface area contributed by atoms with Crippen LogP contribution in [0.15, 0.2) is 0 Å². The average Bonchev–Trinajstić information content (AvgIpc) is 2.75. The first-order valence-corrected chi connectivity index (χ1v) is 7.20. The first kappa shape index (κ1) is 12.9. The third kappa shape index (κ3) is 5.49. The lowest BCUT2D eigenvalue weighted by Crippen LogP contribution is -2.32. The number of terminal acetylenes is 1. The first-order valence-electron chi connectivity index (χ1n) is 6.15. The molecule has 1 aliphatic rings. The predicted molar refractivity (Wildman–Crippen MR) is 70.2 cm³/mol. The molecule has 1 fully saturated rings. The Hall–Kier alpha value is -0.130. The molecule has 0 amide bonds. The van der Waals surface area contributed by atoms with Crippen LogP contribution in [0.1, 0.15) is 45.4 Å². The minimum absolute atomic E-state index is 0.528. The molecule has 1 rings (SSSR count). The van der Waals surface area contributed by atoms with Crippen LogP contribution in [0.2, 0.25) is 0 Å². The maximum Gasteiger partial charge on any atom is 0.0267 e. The second-order valence-electron chi connectivity index (χ2n) is 4.30. The maximum absolute atomic E-state index is 5.39. The molecule has 0 aromatic carbocycles. The molecule has 0 radical (unpaired) electrons. The maximum atomic E-state index is 5.39. The summed E-state index contributed by atoms with van der Waals surface area (Å²) >= 11 is 2.12. The van der Waals surface area contributed by atoms with Crippen molar-refractivity contribution in [1.82, 2.24) is 5.32 Å². The van der Waals surface area contributed by atoms with Gasteiger partial charge in [-0.3, -0.25) is 0 Å². The summed E-state index contributed by atoms with van der Waals surface area (Å²) in [6.45, 7) is 3.29. The predicted octanol–water partition coefficient (Wildman–Crippen LogP) is 3.05. The molecule has 0 bridgehead atoms. The van der Waals surface area contributed by atoms with E-state index in [0.717, 1.165) is 18.2 Å². The molecule has 0 heterocycles. The topological polar surface area (TPSA) is 12.0 Å². The van der Waals surface area contributed by atoms with Crippen LogP contribution in [0.25, 0.3) is 0 Å². The molecular formula is C13H23NS. The van der Waals surface area contributed by atoms with Gasteiger partial charge in [-0.15, -0.1) is 12.3 Å². The Labute approximate surface area is 98.8 Å². The molecule has 0 aliphatic heterocycles. The third-order valence-corrected chi connectivity index (χ3v) is 4.42. The van der Waals surface area contributed by atoms with Gasteiger partial charge in [-0.25, -0.2) is 0 Å². The Bertz CT molecular complexity index is 191. The lowest BCUT2D eigenvalue weighted by atomic mass is 10.2. The Balaban J connectivity index is 2.15. The van der Waals surface area contributed by atoms with Crippen LogP contribution in [-0.2, 0) is 0 Å². The van der Waals surface area contributed by atoms with E-state index >= 15 is 0 Å². The molecule has 0 saturated heterocycles. The number of hydrogen-bond acceptors (Lipinski definition) is 2. The summed E-state index contributed by atoms with van der Waals surface area (Å²) < 4.78 is 0. The summed E-state index contributed by atoms with van der Waals surface area (Å²) in [5.74, 6) is 3.97. The van der Waals surface area contributed by atoms with Gasteiger partial charge in [-0.05, 0) is 25.8 Å². The van der Waals surface area contributed by atoms with E-state index in [2.05, 4.69) is 29.9 Å².